The van der Waals surface area contributed by atoms with Crippen LogP contribution < -0.4 is 0 Å². The molecule has 1 aromatic carbocycles. The van der Waals surface area contributed by atoms with Crippen LogP contribution in [-0.2, 0) is 9.53 Å². The minimum absolute atomic E-state index is 0.0810. The van der Waals surface area contributed by atoms with Crippen molar-refractivity contribution in [1.29, 1.82) is 0 Å². The summed E-state index contributed by atoms with van der Waals surface area (Å²) in [4.78, 5) is 14.8. The molecule has 0 aliphatic heterocycles. The van der Waals surface area contributed by atoms with Crippen LogP contribution in [0.15, 0.2) is 35.5 Å². The van der Waals surface area contributed by atoms with E-state index in [2.05, 4.69) is 21.9 Å². The smallest absolute Gasteiger partial charge is 0.293 e. The van der Waals surface area contributed by atoms with Crippen LogP contribution in [0.4, 0.5) is 0 Å². The van der Waals surface area contributed by atoms with Crippen molar-refractivity contribution in [3.8, 4) is 5.75 Å². The molecule has 0 saturated heterocycles. The van der Waals surface area contributed by atoms with Crippen LogP contribution in [0.2, 0.25) is 0 Å². The van der Waals surface area contributed by atoms with Gasteiger partial charge in [0.25, 0.3) is 6.47 Å². The first kappa shape index (κ1) is 19.6. The number of nitrogens with zero attached hydrogens (tertiary/aromatic N) is 1. The Morgan fingerprint density at radius 1 is 1.32 bits per heavy atom. The van der Waals surface area contributed by atoms with E-state index in [9.17, 15) is 9.90 Å². The van der Waals surface area contributed by atoms with Gasteiger partial charge in [-0.15, -0.1) is 11.8 Å². The molecule has 1 heterocycles. The molecule has 136 valence electrons. The molecule has 2 aromatic rings. The maximum atomic E-state index is 9.83. The Morgan fingerprint density at radius 3 is 2.72 bits per heavy atom. The van der Waals surface area contributed by atoms with Crippen LogP contribution in [0.3, 0.4) is 0 Å². The van der Waals surface area contributed by atoms with Crippen LogP contribution in [-0.4, -0.2) is 27.9 Å². The number of aromatic nitrogens is 1. The molecule has 3 rings (SSSR count). The van der Waals surface area contributed by atoms with Crippen LogP contribution in [0.5, 0.6) is 5.75 Å². The molecule has 1 aromatic heterocycles. The van der Waals surface area contributed by atoms with Crippen molar-refractivity contribution in [2.24, 2.45) is 0 Å². The van der Waals surface area contributed by atoms with Gasteiger partial charge in [0.15, 0.2) is 0 Å². The second kappa shape index (κ2) is 10.3. The maximum absolute atomic E-state index is 9.83. The van der Waals surface area contributed by atoms with Crippen LogP contribution in [0, 0.1) is 0 Å². The quantitative estimate of drug-likeness (QED) is 0.730. The predicted octanol–water partition coefficient (Wildman–Crippen LogP) is 5.32. The Balaban J connectivity index is 0.000000277. The molecule has 1 atom stereocenters. The van der Waals surface area contributed by atoms with Gasteiger partial charge in [0.2, 0.25) is 0 Å². The second-order valence-electron chi connectivity index (χ2n) is 6.37. The highest BCUT2D eigenvalue weighted by molar-refractivity contribution is 8.00. The van der Waals surface area contributed by atoms with Gasteiger partial charge in [-0.05, 0) is 38.3 Å². The van der Waals surface area contributed by atoms with Crippen molar-refractivity contribution in [3.63, 3.8) is 0 Å². The number of hydrogen-bond acceptors (Lipinski definition) is 5. The number of thioether (sulfide) groups is 1. The number of ether oxygens (including phenoxy) is 1. The van der Waals surface area contributed by atoms with Crippen molar-refractivity contribution in [2.45, 2.75) is 68.6 Å². The number of hydrogen-bond donors (Lipinski definition) is 1. The third-order valence-corrected chi connectivity index (χ3v) is 5.76. The van der Waals surface area contributed by atoms with E-state index in [1.165, 1.54) is 43.2 Å². The lowest BCUT2D eigenvalue weighted by Gasteiger charge is -2.21. The van der Waals surface area contributed by atoms with E-state index in [0.29, 0.717) is 6.47 Å². The summed E-state index contributed by atoms with van der Waals surface area (Å²) in [6.45, 7) is 4.30. The lowest BCUT2D eigenvalue weighted by atomic mass is 10.0. The fourth-order valence-corrected chi connectivity index (χ4v) is 4.05. The molecule has 0 spiro atoms. The van der Waals surface area contributed by atoms with Gasteiger partial charge in [0.1, 0.15) is 5.75 Å². The Kier molecular flexibility index (Phi) is 8.06. The highest BCUT2D eigenvalue weighted by Crippen LogP contribution is 2.35. The highest BCUT2D eigenvalue weighted by Gasteiger charge is 2.14. The van der Waals surface area contributed by atoms with Crippen LogP contribution in [0.25, 0.3) is 10.8 Å². The SMILES string of the molecule is CCC(C)OC=O.Oc1cncc2ccc(SC3CCCCC3)cc12. The van der Waals surface area contributed by atoms with Crippen LogP contribution >= 0.6 is 11.8 Å². The molecule has 1 unspecified atom stereocenters. The average Bonchev–Trinajstić information content (AvgIpc) is 2.64. The Labute approximate surface area is 154 Å². The molecule has 1 saturated carbocycles. The summed E-state index contributed by atoms with van der Waals surface area (Å²) >= 11 is 1.96. The first-order valence-electron chi connectivity index (χ1n) is 8.96. The van der Waals surface area contributed by atoms with Gasteiger partial charge in [-0.2, -0.15) is 0 Å². The molecule has 1 N–H and O–H groups in total. The minimum atomic E-state index is 0.0810. The van der Waals surface area contributed by atoms with Crippen molar-refractivity contribution in [3.05, 3.63) is 30.6 Å². The number of carbonyl (C=O) groups is 1. The molecular formula is C20H27NO3S. The van der Waals surface area contributed by atoms with Crippen molar-refractivity contribution >= 4 is 29.0 Å². The minimum Gasteiger partial charge on any atom is -0.506 e. The summed E-state index contributed by atoms with van der Waals surface area (Å²) < 4.78 is 4.51. The Morgan fingerprint density at radius 2 is 2.08 bits per heavy atom. The summed E-state index contributed by atoms with van der Waals surface area (Å²) in [7, 11) is 0. The normalized spacial score (nSPS) is 15.9. The zero-order valence-corrected chi connectivity index (χ0v) is 15.8. The molecule has 1 fully saturated rings. The third-order valence-electron chi connectivity index (χ3n) is 4.43. The summed E-state index contributed by atoms with van der Waals surface area (Å²) in [5.74, 6) is 0.276. The lowest BCUT2D eigenvalue weighted by molar-refractivity contribution is -0.132. The zero-order chi connectivity index (χ0) is 18.1. The molecule has 0 bridgehead atoms. The molecule has 1 aliphatic rings. The topological polar surface area (TPSA) is 59.4 Å². The van der Waals surface area contributed by atoms with Gasteiger partial charge in [0.05, 0.1) is 12.3 Å². The van der Waals surface area contributed by atoms with E-state index >= 15 is 0 Å². The number of aromatic hydroxyl groups is 1. The van der Waals surface area contributed by atoms with E-state index in [1.54, 1.807) is 6.20 Å². The monoisotopic (exact) mass is 361 g/mol. The van der Waals surface area contributed by atoms with Crippen molar-refractivity contribution in [1.82, 2.24) is 4.98 Å². The number of pyridine rings is 1. The van der Waals surface area contributed by atoms with Gasteiger partial charge >= 0.3 is 0 Å². The molecule has 25 heavy (non-hydrogen) atoms. The van der Waals surface area contributed by atoms with E-state index < -0.39 is 0 Å². The van der Waals surface area contributed by atoms with Gasteiger partial charge in [-0.25, -0.2) is 0 Å². The van der Waals surface area contributed by atoms with Crippen LogP contribution in [0.1, 0.15) is 52.4 Å². The molecule has 5 heteroatoms. The second-order valence-corrected chi connectivity index (χ2v) is 7.74. The predicted molar refractivity (Wildman–Crippen MR) is 103 cm³/mol. The summed E-state index contributed by atoms with van der Waals surface area (Å²) in [6.07, 6.45) is 11.0. The molecule has 0 amide bonds. The first-order chi connectivity index (χ1) is 12.1. The van der Waals surface area contributed by atoms with Crippen molar-refractivity contribution < 1.29 is 14.6 Å². The van der Waals surface area contributed by atoms with Gasteiger partial charge in [0, 0.05) is 27.1 Å². The zero-order valence-electron chi connectivity index (χ0n) is 15.0. The van der Waals surface area contributed by atoms with Gasteiger partial charge in [-0.1, -0.05) is 32.3 Å². The lowest BCUT2D eigenvalue weighted by Crippen LogP contribution is -2.07. The highest BCUT2D eigenvalue weighted by atomic mass is 32.2. The number of fused-ring (bicyclic) bond motifs is 1. The van der Waals surface area contributed by atoms with E-state index in [-0.39, 0.29) is 11.9 Å². The van der Waals surface area contributed by atoms with E-state index in [4.69, 9.17) is 0 Å². The van der Waals surface area contributed by atoms with Crippen molar-refractivity contribution in [2.75, 3.05) is 0 Å². The molecule has 0 radical (unpaired) electrons. The fourth-order valence-electron chi connectivity index (χ4n) is 2.77. The molecule has 1 aliphatic carbocycles. The summed E-state index contributed by atoms with van der Waals surface area (Å²) in [6, 6.07) is 6.28. The first-order valence-corrected chi connectivity index (χ1v) is 9.84. The summed E-state index contributed by atoms with van der Waals surface area (Å²) in [5, 5.41) is 12.5. The maximum Gasteiger partial charge on any atom is 0.293 e. The third kappa shape index (κ3) is 6.24. The Bertz CT molecular complexity index is 671. The fraction of sp³-hybridized carbons (Fsp3) is 0.500. The average molecular weight is 362 g/mol. The Hall–Kier alpha value is -1.75. The van der Waals surface area contributed by atoms with Gasteiger partial charge in [-0.3, -0.25) is 9.78 Å². The number of rotatable bonds is 5. The molecule has 4 nitrogen and oxygen atoms in total. The van der Waals surface area contributed by atoms with Gasteiger partial charge < -0.3 is 9.84 Å². The van der Waals surface area contributed by atoms with E-state index in [1.807, 2.05) is 31.7 Å². The summed E-state index contributed by atoms with van der Waals surface area (Å²) in [5.41, 5.74) is 0. The van der Waals surface area contributed by atoms with E-state index in [0.717, 1.165) is 22.4 Å². The molecular weight excluding hydrogens is 334 g/mol. The standard InChI is InChI=1S/C15H17NOS.C5H10O2/c17-15-10-16-9-11-6-7-13(8-14(11)15)18-12-4-2-1-3-5-12;1-3-5(2)7-4-6/h6-10,12,17H,1-5H2;4-5H,3H2,1-2H3. The number of carbonyl (C=O) groups excluding carboxylic acids is 1. The largest absolute Gasteiger partial charge is 0.506 e. The number of benzene rings is 1.